The van der Waals surface area contributed by atoms with E-state index in [1.54, 1.807) is 0 Å². The first-order valence-corrected chi connectivity index (χ1v) is 6.55. The lowest BCUT2D eigenvalue weighted by atomic mass is 10.0. The molecule has 0 fully saturated rings. The molecule has 1 atom stereocenters. The highest BCUT2D eigenvalue weighted by Gasteiger charge is 2.08. The van der Waals surface area contributed by atoms with Crippen LogP contribution < -0.4 is 5.32 Å². The van der Waals surface area contributed by atoms with Crippen molar-refractivity contribution in [3.05, 3.63) is 52.3 Å². The predicted octanol–water partition coefficient (Wildman–Crippen LogP) is 3.41. The fourth-order valence-electron chi connectivity index (χ4n) is 1.84. The SMILES string of the molecule is CCC(NCc1cn[nH]c1)c1cccc(Br)c1. The van der Waals surface area contributed by atoms with Crippen molar-refractivity contribution in [1.29, 1.82) is 0 Å². The van der Waals surface area contributed by atoms with E-state index in [1.165, 1.54) is 11.1 Å². The Balaban J connectivity index is 2.01. The summed E-state index contributed by atoms with van der Waals surface area (Å²) in [6.07, 6.45) is 4.83. The maximum absolute atomic E-state index is 3.94. The van der Waals surface area contributed by atoms with Gasteiger partial charge in [-0.1, -0.05) is 35.0 Å². The average molecular weight is 294 g/mol. The fourth-order valence-corrected chi connectivity index (χ4v) is 2.25. The van der Waals surface area contributed by atoms with Gasteiger partial charge in [0.2, 0.25) is 0 Å². The van der Waals surface area contributed by atoms with Crippen LogP contribution in [-0.2, 0) is 6.54 Å². The van der Waals surface area contributed by atoms with Gasteiger partial charge in [-0.2, -0.15) is 5.10 Å². The highest BCUT2D eigenvalue weighted by atomic mass is 79.9. The quantitative estimate of drug-likeness (QED) is 0.887. The normalized spacial score (nSPS) is 12.6. The fraction of sp³-hybridized carbons (Fsp3) is 0.308. The molecule has 1 aromatic heterocycles. The number of hydrogen-bond donors (Lipinski definition) is 2. The molecule has 17 heavy (non-hydrogen) atoms. The number of rotatable bonds is 5. The molecule has 4 heteroatoms. The molecule has 2 rings (SSSR count). The Kier molecular flexibility index (Phi) is 4.34. The van der Waals surface area contributed by atoms with Crippen LogP contribution in [0.1, 0.15) is 30.5 Å². The zero-order chi connectivity index (χ0) is 12.1. The minimum absolute atomic E-state index is 0.377. The van der Waals surface area contributed by atoms with Gasteiger partial charge in [0.25, 0.3) is 0 Å². The zero-order valence-corrected chi connectivity index (χ0v) is 11.4. The third-order valence-electron chi connectivity index (χ3n) is 2.77. The van der Waals surface area contributed by atoms with Crippen LogP contribution >= 0.6 is 15.9 Å². The molecule has 1 heterocycles. The van der Waals surface area contributed by atoms with E-state index in [9.17, 15) is 0 Å². The molecule has 0 aliphatic rings. The van der Waals surface area contributed by atoms with E-state index >= 15 is 0 Å². The summed E-state index contributed by atoms with van der Waals surface area (Å²) < 4.78 is 1.12. The molecular formula is C13H16BrN3. The molecule has 0 saturated carbocycles. The third-order valence-corrected chi connectivity index (χ3v) is 3.26. The molecule has 0 spiro atoms. The third kappa shape index (κ3) is 3.41. The largest absolute Gasteiger partial charge is 0.306 e. The lowest BCUT2D eigenvalue weighted by Gasteiger charge is -2.17. The Bertz CT molecular complexity index is 453. The number of aromatic nitrogens is 2. The monoisotopic (exact) mass is 293 g/mol. The van der Waals surface area contributed by atoms with Crippen LogP contribution in [0.3, 0.4) is 0 Å². The first kappa shape index (κ1) is 12.3. The maximum Gasteiger partial charge on any atom is 0.0532 e. The second-order valence-electron chi connectivity index (χ2n) is 4.00. The van der Waals surface area contributed by atoms with Crippen LogP contribution in [0.15, 0.2) is 41.1 Å². The summed E-state index contributed by atoms with van der Waals surface area (Å²) in [5, 5.41) is 10.3. The van der Waals surface area contributed by atoms with Gasteiger partial charge >= 0.3 is 0 Å². The van der Waals surface area contributed by atoms with E-state index in [4.69, 9.17) is 0 Å². The number of halogens is 1. The molecule has 1 unspecified atom stereocenters. The van der Waals surface area contributed by atoms with Crippen LogP contribution in [0.4, 0.5) is 0 Å². The lowest BCUT2D eigenvalue weighted by molar-refractivity contribution is 0.519. The van der Waals surface area contributed by atoms with Crippen LogP contribution in [-0.4, -0.2) is 10.2 Å². The van der Waals surface area contributed by atoms with Crippen LogP contribution in [0.25, 0.3) is 0 Å². The summed E-state index contributed by atoms with van der Waals surface area (Å²) >= 11 is 3.51. The number of H-pyrrole nitrogens is 1. The van der Waals surface area contributed by atoms with Gasteiger partial charge in [0.1, 0.15) is 0 Å². The summed E-state index contributed by atoms with van der Waals surface area (Å²) in [5.41, 5.74) is 2.49. The van der Waals surface area contributed by atoms with Gasteiger partial charge in [-0.15, -0.1) is 0 Å². The van der Waals surface area contributed by atoms with Crippen LogP contribution in [0, 0.1) is 0 Å². The summed E-state index contributed by atoms with van der Waals surface area (Å²) in [6, 6.07) is 8.81. The molecule has 1 aromatic carbocycles. The molecule has 0 amide bonds. The van der Waals surface area contributed by atoms with Crippen molar-refractivity contribution in [3.8, 4) is 0 Å². The van der Waals surface area contributed by atoms with Gasteiger partial charge in [0.05, 0.1) is 6.20 Å². The molecule has 90 valence electrons. The van der Waals surface area contributed by atoms with Crippen molar-refractivity contribution in [1.82, 2.24) is 15.5 Å². The van der Waals surface area contributed by atoms with Crippen molar-refractivity contribution in [2.24, 2.45) is 0 Å². The molecule has 3 nitrogen and oxygen atoms in total. The van der Waals surface area contributed by atoms with E-state index in [0.29, 0.717) is 6.04 Å². The average Bonchev–Trinajstić information content (AvgIpc) is 2.83. The van der Waals surface area contributed by atoms with Crippen molar-refractivity contribution >= 4 is 15.9 Å². The van der Waals surface area contributed by atoms with Crippen LogP contribution in [0.2, 0.25) is 0 Å². The second-order valence-corrected chi connectivity index (χ2v) is 4.92. The highest BCUT2D eigenvalue weighted by Crippen LogP contribution is 2.20. The molecule has 0 aliphatic heterocycles. The van der Waals surface area contributed by atoms with Gasteiger partial charge < -0.3 is 5.32 Å². The minimum atomic E-state index is 0.377. The number of benzene rings is 1. The molecule has 0 aliphatic carbocycles. The minimum Gasteiger partial charge on any atom is -0.306 e. The zero-order valence-electron chi connectivity index (χ0n) is 9.78. The number of nitrogens with one attached hydrogen (secondary N) is 2. The van der Waals surface area contributed by atoms with Gasteiger partial charge in [-0.25, -0.2) is 0 Å². The van der Waals surface area contributed by atoms with E-state index in [1.807, 2.05) is 18.5 Å². The van der Waals surface area contributed by atoms with E-state index in [0.717, 1.165) is 17.4 Å². The molecule has 0 bridgehead atoms. The van der Waals surface area contributed by atoms with Gasteiger partial charge in [0, 0.05) is 28.8 Å². The van der Waals surface area contributed by atoms with Gasteiger partial charge in [-0.05, 0) is 24.1 Å². The lowest BCUT2D eigenvalue weighted by Crippen LogP contribution is -2.19. The Hall–Kier alpha value is -1.13. The first-order valence-electron chi connectivity index (χ1n) is 5.76. The Morgan fingerprint density at radius 2 is 2.35 bits per heavy atom. The van der Waals surface area contributed by atoms with E-state index < -0.39 is 0 Å². The highest BCUT2D eigenvalue weighted by molar-refractivity contribution is 9.10. The van der Waals surface area contributed by atoms with Crippen molar-refractivity contribution in [3.63, 3.8) is 0 Å². The topological polar surface area (TPSA) is 40.7 Å². The summed E-state index contributed by atoms with van der Waals surface area (Å²) in [6.45, 7) is 3.02. The van der Waals surface area contributed by atoms with E-state index in [-0.39, 0.29) is 0 Å². The molecule has 0 saturated heterocycles. The molecular weight excluding hydrogens is 278 g/mol. The summed E-state index contributed by atoms with van der Waals surface area (Å²) in [4.78, 5) is 0. The molecule has 2 aromatic rings. The maximum atomic E-state index is 3.94. The van der Waals surface area contributed by atoms with Crippen molar-refractivity contribution < 1.29 is 0 Å². The first-order chi connectivity index (χ1) is 8.29. The molecule has 2 N–H and O–H groups in total. The van der Waals surface area contributed by atoms with Crippen molar-refractivity contribution in [2.75, 3.05) is 0 Å². The van der Waals surface area contributed by atoms with Gasteiger partial charge in [-0.3, -0.25) is 5.10 Å². The smallest absolute Gasteiger partial charge is 0.0532 e. The Morgan fingerprint density at radius 1 is 1.47 bits per heavy atom. The van der Waals surface area contributed by atoms with Crippen LogP contribution in [0.5, 0.6) is 0 Å². The summed E-state index contributed by atoms with van der Waals surface area (Å²) in [5.74, 6) is 0. The second kappa shape index (κ2) is 5.98. The Labute approximate surface area is 110 Å². The Morgan fingerprint density at radius 3 is 3.00 bits per heavy atom. The number of aromatic amines is 1. The standard InChI is InChI=1S/C13H16BrN3/c1-2-13(11-4-3-5-12(14)6-11)15-7-10-8-16-17-9-10/h3-6,8-9,13,15H,2,7H2,1H3,(H,16,17). The number of hydrogen-bond acceptors (Lipinski definition) is 2. The summed E-state index contributed by atoms with van der Waals surface area (Å²) in [7, 11) is 0. The molecule has 0 radical (unpaired) electrons. The van der Waals surface area contributed by atoms with E-state index in [2.05, 4.69) is 56.6 Å². The van der Waals surface area contributed by atoms with Crippen molar-refractivity contribution in [2.45, 2.75) is 25.9 Å². The predicted molar refractivity (Wildman–Crippen MR) is 72.6 cm³/mol. The van der Waals surface area contributed by atoms with Gasteiger partial charge in [0.15, 0.2) is 0 Å². The number of nitrogens with zero attached hydrogens (tertiary/aromatic N) is 1.